The van der Waals surface area contributed by atoms with E-state index >= 15 is 0 Å². The third-order valence-corrected chi connectivity index (χ3v) is 3.79. The molecule has 1 aliphatic rings. The van der Waals surface area contributed by atoms with Gasteiger partial charge in [0.05, 0.1) is 0 Å². The highest BCUT2D eigenvalue weighted by molar-refractivity contribution is 5.94. The topological polar surface area (TPSA) is 53.3 Å². The lowest BCUT2D eigenvalue weighted by molar-refractivity contribution is -0.129. The van der Waals surface area contributed by atoms with Crippen molar-refractivity contribution in [1.82, 2.24) is 4.90 Å². The van der Waals surface area contributed by atoms with E-state index in [0.29, 0.717) is 5.75 Å². The minimum Gasteiger partial charge on any atom is -0.422 e. The summed E-state index contributed by atoms with van der Waals surface area (Å²) < 4.78 is 5.20. The van der Waals surface area contributed by atoms with Gasteiger partial charge >= 0.3 is 5.97 Å². The Balaban J connectivity index is 2.04. The first kappa shape index (κ1) is 16.8. The highest BCUT2D eigenvalue weighted by atomic mass is 16.5. The predicted octanol–water partition coefficient (Wildman–Crippen LogP) is 3.82. The first-order valence-corrected chi connectivity index (χ1v) is 8.07. The average Bonchev–Trinajstić information content (AvgIpc) is 3.02. The van der Waals surface area contributed by atoms with Crippen LogP contribution in [0.4, 0.5) is 0 Å². The number of esters is 1. The van der Waals surface area contributed by atoms with Crippen molar-refractivity contribution in [2.24, 2.45) is 0 Å². The molecule has 0 spiro atoms. The summed E-state index contributed by atoms with van der Waals surface area (Å²) in [6, 6.07) is 10.7. The summed E-state index contributed by atoms with van der Waals surface area (Å²) in [5, 5.41) is 9.19. The third-order valence-electron chi connectivity index (χ3n) is 3.79. The highest BCUT2D eigenvalue weighted by Crippen LogP contribution is 2.21. The number of rotatable bonds is 6. The van der Waals surface area contributed by atoms with E-state index in [4.69, 9.17) is 4.74 Å². The molecule has 4 heteroatoms. The van der Waals surface area contributed by atoms with Crippen LogP contribution in [0.3, 0.4) is 0 Å². The number of allylic oxidation sites excluding steroid dienone is 3. The number of ether oxygens (including phenoxy) is 1. The number of nitrogens with zero attached hydrogens (tertiary/aromatic N) is 2. The van der Waals surface area contributed by atoms with E-state index in [1.807, 2.05) is 18.2 Å². The number of para-hydroxylation sites is 1. The van der Waals surface area contributed by atoms with Crippen molar-refractivity contribution in [2.75, 3.05) is 13.1 Å². The lowest BCUT2D eigenvalue weighted by Gasteiger charge is -2.19. The predicted molar refractivity (Wildman–Crippen MR) is 89.6 cm³/mol. The molecule has 0 N–H and O–H groups in total. The Bertz CT molecular complexity index is 627. The van der Waals surface area contributed by atoms with Gasteiger partial charge in [-0.05, 0) is 43.5 Å². The molecule has 4 nitrogen and oxygen atoms in total. The first-order valence-electron chi connectivity index (χ1n) is 8.07. The molecule has 0 unspecified atom stereocenters. The molecule has 1 fully saturated rings. The van der Waals surface area contributed by atoms with Gasteiger partial charge in [-0.3, -0.25) is 0 Å². The quantitative estimate of drug-likeness (QED) is 0.347. The Morgan fingerprint density at radius 1 is 1.39 bits per heavy atom. The molecule has 2 rings (SSSR count). The molecule has 0 radical (unpaired) electrons. The molecule has 0 aromatic heterocycles. The molecular formula is C19H22N2O2. The van der Waals surface area contributed by atoms with Gasteiger partial charge in [-0.1, -0.05) is 31.5 Å². The maximum Gasteiger partial charge on any atom is 0.354 e. The number of likely N-dealkylation sites (tertiary alicyclic amines) is 1. The zero-order valence-corrected chi connectivity index (χ0v) is 13.5. The molecule has 1 aliphatic heterocycles. The first-order chi connectivity index (χ1) is 11.2. The standard InChI is InChI=1S/C19H22N2O2/c1-2-3-13-21-14-7-8-17(21)12-11-16(15-20)19(22)23-18-9-5-4-6-10-18/h4-6,9-12H,2-3,7-8,13-14H2,1H3. The van der Waals surface area contributed by atoms with Crippen LogP contribution in [0.5, 0.6) is 5.75 Å². The molecule has 1 aromatic carbocycles. The second-order valence-electron chi connectivity index (χ2n) is 5.50. The second-order valence-corrected chi connectivity index (χ2v) is 5.50. The van der Waals surface area contributed by atoms with Crippen LogP contribution in [0.1, 0.15) is 32.6 Å². The molecule has 1 saturated heterocycles. The van der Waals surface area contributed by atoms with Crippen LogP contribution < -0.4 is 4.74 Å². The lowest BCUT2D eigenvalue weighted by atomic mass is 10.2. The smallest absolute Gasteiger partial charge is 0.354 e. The van der Waals surface area contributed by atoms with Crippen LogP contribution in [0.2, 0.25) is 0 Å². The van der Waals surface area contributed by atoms with Crippen molar-refractivity contribution in [3.05, 3.63) is 53.8 Å². The van der Waals surface area contributed by atoms with Crippen LogP contribution in [0.15, 0.2) is 53.8 Å². The molecular weight excluding hydrogens is 288 g/mol. The summed E-state index contributed by atoms with van der Waals surface area (Å²) in [7, 11) is 0. The van der Waals surface area contributed by atoms with Crippen molar-refractivity contribution >= 4 is 5.97 Å². The summed E-state index contributed by atoms with van der Waals surface area (Å²) in [5.41, 5.74) is 1.21. The molecule has 120 valence electrons. The summed E-state index contributed by atoms with van der Waals surface area (Å²) in [4.78, 5) is 14.4. The molecule has 0 saturated carbocycles. The summed E-state index contributed by atoms with van der Waals surface area (Å²) >= 11 is 0. The normalized spacial score (nSPS) is 16.4. The fourth-order valence-electron chi connectivity index (χ4n) is 2.53. The van der Waals surface area contributed by atoms with Gasteiger partial charge in [0, 0.05) is 18.8 Å². The number of hydrogen-bond donors (Lipinski definition) is 0. The lowest BCUT2D eigenvalue weighted by Crippen LogP contribution is -2.18. The van der Waals surface area contributed by atoms with Gasteiger partial charge in [0.15, 0.2) is 0 Å². The summed E-state index contributed by atoms with van der Waals surface area (Å²) in [6.07, 6.45) is 7.89. The van der Waals surface area contributed by atoms with Crippen LogP contribution >= 0.6 is 0 Å². The average molecular weight is 310 g/mol. The van der Waals surface area contributed by atoms with Crippen LogP contribution in [0, 0.1) is 11.3 Å². The molecule has 0 aliphatic carbocycles. The SMILES string of the molecule is CCCCN1CCCC1=CC=C(C#N)C(=O)Oc1ccccc1. The van der Waals surface area contributed by atoms with Gasteiger partial charge in [0.25, 0.3) is 0 Å². The Hall–Kier alpha value is -2.54. The third kappa shape index (κ3) is 5.00. The Morgan fingerprint density at radius 3 is 2.87 bits per heavy atom. The minimum absolute atomic E-state index is 0.0173. The number of nitriles is 1. The van der Waals surface area contributed by atoms with Crippen molar-refractivity contribution in [2.45, 2.75) is 32.6 Å². The van der Waals surface area contributed by atoms with Gasteiger partial charge in [0.2, 0.25) is 0 Å². The van der Waals surface area contributed by atoms with Crippen molar-refractivity contribution in [3.63, 3.8) is 0 Å². The van der Waals surface area contributed by atoms with E-state index in [-0.39, 0.29) is 5.57 Å². The number of unbranched alkanes of at least 4 members (excludes halogenated alkanes) is 1. The molecule has 0 bridgehead atoms. The van der Waals surface area contributed by atoms with E-state index in [0.717, 1.165) is 38.8 Å². The molecule has 0 atom stereocenters. The van der Waals surface area contributed by atoms with Gasteiger partial charge in [0.1, 0.15) is 17.4 Å². The summed E-state index contributed by atoms with van der Waals surface area (Å²) in [5.74, 6) is -0.176. The van der Waals surface area contributed by atoms with E-state index in [2.05, 4.69) is 11.8 Å². The van der Waals surface area contributed by atoms with Crippen molar-refractivity contribution < 1.29 is 9.53 Å². The largest absolute Gasteiger partial charge is 0.422 e. The number of hydrogen-bond acceptors (Lipinski definition) is 4. The number of carbonyl (C=O) groups is 1. The van der Waals surface area contributed by atoms with E-state index in [1.165, 1.54) is 5.70 Å². The van der Waals surface area contributed by atoms with Gasteiger partial charge < -0.3 is 9.64 Å². The van der Waals surface area contributed by atoms with Crippen LogP contribution in [-0.4, -0.2) is 24.0 Å². The summed E-state index contributed by atoms with van der Waals surface area (Å²) in [6.45, 7) is 4.26. The maximum atomic E-state index is 12.0. The molecule has 23 heavy (non-hydrogen) atoms. The number of benzene rings is 1. The van der Waals surface area contributed by atoms with E-state index in [1.54, 1.807) is 30.3 Å². The minimum atomic E-state index is -0.617. The fourth-order valence-corrected chi connectivity index (χ4v) is 2.53. The van der Waals surface area contributed by atoms with Gasteiger partial charge in [-0.2, -0.15) is 5.26 Å². The molecule has 1 aromatic rings. The molecule has 0 amide bonds. The van der Waals surface area contributed by atoms with Crippen LogP contribution in [0.25, 0.3) is 0 Å². The van der Waals surface area contributed by atoms with Gasteiger partial charge in [-0.15, -0.1) is 0 Å². The van der Waals surface area contributed by atoms with Crippen molar-refractivity contribution in [3.8, 4) is 11.8 Å². The zero-order chi connectivity index (χ0) is 16.5. The van der Waals surface area contributed by atoms with E-state index in [9.17, 15) is 10.1 Å². The Morgan fingerprint density at radius 2 is 2.17 bits per heavy atom. The Kier molecular flexibility index (Phi) is 6.43. The second kappa shape index (κ2) is 8.79. The monoisotopic (exact) mass is 310 g/mol. The van der Waals surface area contributed by atoms with Crippen LogP contribution in [-0.2, 0) is 4.79 Å². The zero-order valence-electron chi connectivity index (χ0n) is 13.5. The molecule has 1 heterocycles. The Labute approximate surface area is 137 Å². The highest BCUT2D eigenvalue weighted by Gasteiger charge is 2.16. The fraction of sp³-hybridized carbons (Fsp3) is 0.368. The van der Waals surface area contributed by atoms with E-state index < -0.39 is 5.97 Å². The number of carbonyl (C=O) groups excluding carboxylic acids is 1. The van der Waals surface area contributed by atoms with Gasteiger partial charge in [-0.25, -0.2) is 4.79 Å². The van der Waals surface area contributed by atoms with Crippen molar-refractivity contribution in [1.29, 1.82) is 5.26 Å². The maximum absolute atomic E-state index is 12.0.